The van der Waals surface area contributed by atoms with Crippen molar-refractivity contribution < 1.29 is 22.7 Å². The van der Waals surface area contributed by atoms with Crippen LogP contribution in [-0.4, -0.2) is 62.3 Å². The van der Waals surface area contributed by atoms with Crippen molar-refractivity contribution in [2.45, 2.75) is 32.0 Å². The van der Waals surface area contributed by atoms with Crippen LogP contribution in [0.2, 0.25) is 0 Å². The second kappa shape index (κ2) is 10.7. The lowest BCUT2D eigenvalue weighted by molar-refractivity contribution is -0.137. The van der Waals surface area contributed by atoms with E-state index in [2.05, 4.69) is 16.0 Å². The molecule has 0 saturated carbocycles. The summed E-state index contributed by atoms with van der Waals surface area (Å²) < 4.78 is 46.1. The zero-order valence-corrected chi connectivity index (χ0v) is 19.1. The van der Waals surface area contributed by atoms with E-state index in [1.165, 1.54) is 19.2 Å². The Balaban J connectivity index is 1.95. The Morgan fingerprint density at radius 2 is 2.06 bits per heavy atom. The summed E-state index contributed by atoms with van der Waals surface area (Å²) in [7, 11) is 1.59. The Morgan fingerprint density at radius 1 is 1.29 bits per heavy atom. The van der Waals surface area contributed by atoms with Gasteiger partial charge < -0.3 is 31.0 Å². The number of allylic oxidation sites excluding steroid dienone is 1. The van der Waals surface area contributed by atoms with Crippen molar-refractivity contribution in [3.05, 3.63) is 46.8 Å². The van der Waals surface area contributed by atoms with Gasteiger partial charge in [0, 0.05) is 68.5 Å². The third-order valence-electron chi connectivity index (χ3n) is 5.72. The van der Waals surface area contributed by atoms with Gasteiger partial charge in [-0.05, 0) is 30.2 Å². The Hall–Kier alpha value is -3.34. The lowest BCUT2D eigenvalue weighted by Gasteiger charge is -2.32. The van der Waals surface area contributed by atoms with E-state index in [4.69, 9.17) is 15.6 Å². The number of benzene rings is 1. The van der Waals surface area contributed by atoms with E-state index in [0.717, 1.165) is 30.5 Å². The molecule has 5 N–H and O–H groups in total. The molecule has 1 fully saturated rings. The van der Waals surface area contributed by atoms with Gasteiger partial charge in [0.05, 0.1) is 24.8 Å². The molecule has 2 aliphatic rings. The number of alkyl halides is 3. The number of carbonyl (C=O) groups is 1. The molecule has 11 heteroatoms. The number of carbonyl (C=O) groups excluding carboxylic acids is 1. The van der Waals surface area contributed by atoms with E-state index in [1.807, 2.05) is 0 Å². The maximum Gasteiger partial charge on any atom is 0.416 e. The number of nitrogens with zero attached hydrogens (tertiary/aromatic N) is 1. The number of amides is 1. The van der Waals surface area contributed by atoms with Gasteiger partial charge in [-0.15, -0.1) is 0 Å². The number of anilines is 1. The molecular formula is C23H29F3N6O2. The normalized spacial score (nSPS) is 19.1. The van der Waals surface area contributed by atoms with Gasteiger partial charge in [-0.25, -0.2) is 0 Å². The van der Waals surface area contributed by atoms with Crippen molar-refractivity contribution in [1.29, 1.82) is 10.8 Å². The first-order chi connectivity index (χ1) is 16.1. The van der Waals surface area contributed by atoms with Gasteiger partial charge in [0.25, 0.3) is 0 Å². The summed E-state index contributed by atoms with van der Waals surface area (Å²) in [6.45, 7) is 3.29. The molecule has 0 spiro atoms. The molecule has 3 rings (SSSR count). The molecule has 2 heterocycles. The van der Waals surface area contributed by atoms with Crippen molar-refractivity contribution >= 4 is 29.2 Å². The van der Waals surface area contributed by atoms with Crippen LogP contribution in [0.3, 0.4) is 0 Å². The maximum atomic E-state index is 13.6. The monoisotopic (exact) mass is 478 g/mol. The first-order valence-electron chi connectivity index (χ1n) is 10.9. The average molecular weight is 479 g/mol. The third kappa shape index (κ3) is 6.16. The second-order valence-corrected chi connectivity index (χ2v) is 8.18. The van der Waals surface area contributed by atoms with Crippen molar-refractivity contribution in [2.24, 2.45) is 0 Å². The SMILES string of the molecule is CN/C=C(\C=N)c1cc(NC(=N)C2=C(NC3CCOC3)CCN(C(C)=O)C2)cc(C(F)(F)F)c1. The minimum absolute atomic E-state index is 0.0645. The molecule has 0 aliphatic carbocycles. The van der Waals surface area contributed by atoms with E-state index in [9.17, 15) is 18.0 Å². The number of halogens is 3. The fourth-order valence-corrected chi connectivity index (χ4v) is 3.93. The summed E-state index contributed by atoms with van der Waals surface area (Å²) in [5, 5.41) is 25.1. The molecule has 1 aromatic rings. The van der Waals surface area contributed by atoms with E-state index in [-0.39, 0.29) is 41.2 Å². The molecule has 0 bridgehead atoms. The predicted octanol–water partition coefficient (Wildman–Crippen LogP) is 3.19. The fourth-order valence-electron chi connectivity index (χ4n) is 3.93. The van der Waals surface area contributed by atoms with E-state index < -0.39 is 11.7 Å². The number of nitrogens with one attached hydrogen (secondary N) is 5. The lowest BCUT2D eigenvalue weighted by atomic mass is 10.0. The van der Waals surface area contributed by atoms with E-state index in [0.29, 0.717) is 31.8 Å². The highest BCUT2D eigenvalue weighted by atomic mass is 19.4. The van der Waals surface area contributed by atoms with Gasteiger partial charge in [-0.2, -0.15) is 13.2 Å². The van der Waals surface area contributed by atoms with Crippen LogP contribution in [0, 0.1) is 10.8 Å². The standard InChI is InChI=1S/C23H29F3N6O2/c1-14(33)32-5-3-21(30-18-4-6-34-13-18)20(12-32)22(28)31-19-8-15(16(10-27)11-29-2)7-17(9-19)23(24,25)26/h7-11,18,27,29-30H,3-6,12-13H2,1-2H3,(H2,28,31)/b16-11+,27-10?. The van der Waals surface area contributed by atoms with Gasteiger partial charge in [-0.3, -0.25) is 10.2 Å². The molecule has 8 nitrogen and oxygen atoms in total. The molecular weight excluding hydrogens is 449 g/mol. The molecule has 1 aromatic carbocycles. The van der Waals surface area contributed by atoms with Gasteiger partial charge >= 0.3 is 6.18 Å². The number of amidine groups is 1. The van der Waals surface area contributed by atoms with E-state index in [1.54, 1.807) is 11.9 Å². The van der Waals surface area contributed by atoms with Crippen LogP contribution in [0.4, 0.5) is 18.9 Å². The first kappa shape index (κ1) is 25.3. The Bertz CT molecular complexity index is 1010. The number of ether oxygens (including phenoxy) is 1. The minimum Gasteiger partial charge on any atom is -0.393 e. The van der Waals surface area contributed by atoms with Crippen molar-refractivity contribution in [3.8, 4) is 0 Å². The zero-order valence-electron chi connectivity index (χ0n) is 19.1. The number of hydrogen-bond donors (Lipinski definition) is 5. The molecule has 0 radical (unpaired) electrons. The highest BCUT2D eigenvalue weighted by molar-refractivity contribution is 6.10. The smallest absolute Gasteiger partial charge is 0.393 e. The van der Waals surface area contributed by atoms with Crippen LogP contribution in [0.1, 0.15) is 30.9 Å². The zero-order chi connectivity index (χ0) is 24.9. The predicted molar refractivity (Wildman–Crippen MR) is 125 cm³/mol. The summed E-state index contributed by atoms with van der Waals surface area (Å²) in [6, 6.07) is 3.45. The fraction of sp³-hybridized carbons (Fsp3) is 0.435. The van der Waals surface area contributed by atoms with E-state index >= 15 is 0 Å². The van der Waals surface area contributed by atoms with Crippen LogP contribution < -0.4 is 16.0 Å². The summed E-state index contributed by atoms with van der Waals surface area (Å²) >= 11 is 0. The molecule has 1 unspecified atom stereocenters. The van der Waals surface area contributed by atoms with Crippen LogP contribution in [-0.2, 0) is 15.7 Å². The quantitative estimate of drug-likeness (QED) is 0.305. The minimum atomic E-state index is -4.61. The van der Waals surface area contributed by atoms with Crippen LogP contribution >= 0.6 is 0 Å². The first-order valence-corrected chi connectivity index (χ1v) is 10.9. The molecule has 1 amide bonds. The lowest BCUT2D eigenvalue weighted by Crippen LogP contribution is -2.42. The van der Waals surface area contributed by atoms with Crippen LogP contribution in [0.15, 0.2) is 35.7 Å². The van der Waals surface area contributed by atoms with Crippen LogP contribution in [0.25, 0.3) is 5.57 Å². The van der Waals surface area contributed by atoms with Crippen molar-refractivity contribution in [2.75, 3.05) is 38.7 Å². The van der Waals surface area contributed by atoms with Gasteiger partial charge in [0.2, 0.25) is 5.91 Å². The Labute approximate surface area is 196 Å². The van der Waals surface area contributed by atoms with Gasteiger partial charge in [-0.1, -0.05) is 0 Å². The topological polar surface area (TPSA) is 113 Å². The van der Waals surface area contributed by atoms with Crippen molar-refractivity contribution in [1.82, 2.24) is 15.5 Å². The molecule has 1 atom stereocenters. The largest absolute Gasteiger partial charge is 0.416 e. The molecule has 2 aliphatic heterocycles. The molecule has 34 heavy (non-hydrogen) atoms. The number of rotatable bonds is 7. The number of hydrogen-bond acceptors (Lipinski definition) is 6. The van der Waals surface area contributed by atoms with Gasteiger partial charge in [0.1, 0.15) is 5.84 Å². The second-order valence-electron chi connectivity index (χ2n) is 8.18. The van der Waals surface area contributed by atoms with Gasteiger partial charge in [0.15, 0.2) is 0 Å². The van der Waals surface area contributed by atoms with Crippen LogP contribution in [0.5, 0.6) is 0 Å². The summed E-state index contributed by atoms with van der Waals surface area (Å²) in [4.78, 5) is 13.6. The summed E-state index contributed by atoms with van der Waals surface area (Å²) in [5.74, 6) is -0.227. The summed E-state index contributed by atoms with van der Waals surface area (Å²) in [6.07, 6.45) is -0.896. The highest BCUT2D eigenvalue weighted by Gasteiger charge is 2.32. The summed E-state index contributed by atoms with van der Waals surface area (Å²) in [5.41, 5.74) is 0.909. The highest BCUT2D eigenvalue weighted by Crippen LogP contribution is 2.34. The molecule has 0 aromatic heterocycles. The van der Waals surface area contributed by atoms with Crippen molar-refractivity contribution in [3.63, 3.8) is 0 Å². The molecule has 1 saturated heterocycles. The Kier molecular flexibility index (Phi) is 7.98. The Morgan fingerprint density at radius 3 is 2.65 bits per heavy atom. The maximum absolute atomic E-state index is 13.6. The third-order valence-corrected chi connectivity index (χ3v) is 5.72. The average Bonchev–Trinajstić information content (AvgIpc) is 3.29. The molecule has 184 valence electrons.